The zero-order chi connectivity index (χ0) is 34.1. The molecule has 2 aromatic carbocycles. The lowest BCUT2D eigenvalue weighted by molar-refractivity contribution is -0.128. The van der Waals surface area contributed by atoms with Gasteiger partial charge in [0.25, 0.3) is 6.43 Å². The van der Waals surface area contributed by atoms with Gasteiger partial charge in [-0.2, -0.15) is 9.97 Å². The number of aromatic nitrogens is 3. The molecule has 0 aliphatic carbocycles. The highest BCUT2D eigenvalue weighted by Gasteiger charge is 2.49. The van der Waals surface area contributed by atoms with Crippen LogP contribution in [0.15, 0.2) is 30.9 Å². The second kappa shape index (κ2) is 12.1. The largest absolute Gasteiger partial charge is 0.461 e. The van der Waals surface area contributed by atoms with Gasteiger partial charge >= 0.3 is 6.01 Å². The first kappa shape index (κ1) is 32.4. The van der Waals surface area contributed by atoms with E-state index in [0.29, 0.717) is 6.54 Å². The highest BCUT2D eigenvalue weighted by atomic mass is 32.1. The predicted molar refractivity (Wildman–Crippen MR) is 174 cm³/mol. The lowest BCUT2D eigenvalue weighted by Crippen LogP contribution is -2.58. The van der Waals surface area contributed by atoms with Crippen molar-refractivity contribution < 1.29 is 31.5 Å². The number of anilines is 2. The Morgan fingerprint density at radius 1 is 1.17 bits per heavy atom. The summed E-state index contributed by atoms with van der Waals surface area (Å²) in [5, 5.41) is 0.0133. The van der Waals surface area contributed by atoms with Crippen molar-refractivity contribution in [1.82, 2.24) is 24.8 Å². The van der Waals surface area contributed by atoms with Crippen LogP contribution >= 0.6 is 11.3 Å². The minimum absolute atomic E-state index is 0.00334. The molecule has 48 heavy (non-hydrogen) atoms. The number of amides is 1. The number of hydrogen-bond donors (Lipinski definition) is 1. The van der Waals surface area contributed by atoms with Gasteiger partial charge in [0, 0.05) is 60.2 Å². The van der Waals surface area contributed by atoms with Gasteiger partial charge in [-0.1, -0.05) is 17.9 Å². The summed E-state index contributed by atoms with van der Waals surface area (Å²) in [5.41, 5.74) is 3.77. The van der Waals surface area contributed by atoms with Gasteiger partial charge in [0.1, 0.15) is 29.9 Å². The quantitative estimate of drug-likeness (QED) is 0.179. The van der Waals surface area contributed by atoms with Crippen LogP contribution in [0.3, 0.4) is 0 Å². The molecule has 15 heteroatoms. The van der Waals surface area contributed by atoms with Gasteiger partial charge in [0.2, 0.25) is 5.91 Å². The Bertz CT molecular complexity index is 1940. The zero-order valence-electron chi connectivity index (χ0n) is 26.4. The molecule has 3 aliphatic heterocycles. The number of piperazine rings is 1. The molecule has 4 atom stereocenters. The van der Waals surface area contributed by atoms with Crippen molar-refractivity contribution in [2.75, 3.05) is 43.4 Å². The molecule has 254 valence electrons. The Balaban J connectivity index is 1.41. The van der Waals surface area contributed by atoms with Crippen LogP contribution in [0.1, 0.15) is 45.1 Å². The summed E-state index contributed by atoms with van der Waals surface area (Å²) in [6.07, 6.45) is -1.02. The maximum absolute atomic E-state index is 17.0. The number of hydrogen-bond acceptors (Lipinski definition) is 9. The topological polar surface area (TPSA) is 101 Å². The minimum Gasteiger partial charge on any atom is -0.461 e. The van der Waals surface area contributed by atoms with E-state index in [-0.39, 0.29) is 87.8 Å². The summed E-state index contributed by atoms with van der Waals surface area (Å²) in [6.45, 7) is 8.89. The first-order valence-corrected chi connectivity index (χ1v) is 16.6. The fourth-order valence-electron chi connectivity index (χ4n) is 7.63. The van der Waals surface area contributed by atoms with E-state index < -0.39 is 40.9 Å². The number of carbonyl (C=O) groups excluding carboxylic acids is 1. The van der Waals surface area contributed by atoms with Crippen molar-refractivity contribution in [2.24, 2.45) is 0 Å². The van der Waals surface area contributed by atoms with Crippen molar-refractivity contribution in [2.45, 2.75) is 63.3 Å². The molecule has 3 saturated heterocycles. The standard InChI is InChI=1S/C33H34F5N7O2S/c1-4-23(46)44-12-17(3)45(13-16(44)2)30-21-10-20(29(37)38)24(19-6-7-22(35)28-27(19)40-31(39)48-28)25(36)26(21)41-32(42-30)47-15-33-8-5-9-43(33)14-18(34)11-33/h4,6-7,10,16-18,29H,1,5,8-9,11-15H2,2-3H3,(H2,39,40)/t16-,17+,18-,33+/m1/s1. The first-order chi connectivity index (χ1) is 22.9. The van der Waals surface area contributed by atoms with Crippen LogP contribution in [0.5, 0.6) is 6.01 Å². The molecule has 3 aliphatic rings. The van der Waals surface area contributed by atoms with Crippen molar-refractivity contribution in [3.05, 3.63) is 48.1 Å². The van der Waals surface area contributed by atoms with E-state index in [1.54, 1.807) is 4.90 Å². The fourth-order valence-corrected chi connectivity index (χ4v) is 8.39. The van der Waals surface area contributed by atoms with Gasteiger partial charge in [0.05, 0.1) is 15.8 Å². The summed E-state index contributed by atoms with van der Waals surface area (Å²) in [7, 11) is 0. The van der Waals surface area contributed by atoms with Gasteiger partial charge in [-0.05, 0) is 57.5 Å². The Morgan fingerprint density at radius 3 is 2.71 bits per heavy atom. The van der Waals surface area contributed by atoms with Crippen molar-refractivity contribution in [1.29, 1.82) is 0 Å². The second-order valence-electron chi connectivity index (χ2n) is 12.9. The number of ether oxygens (including phenoxy) is 1. The fraction of sp³-hybridized carbons (Fsp3) is 0.455. The third-order valence-corrected chi connectivity index (χ3v) is 10.8. The Morgan fingerprint density at radius 2 is 1.96 bits per heavy atom. The summed E-state index contributed by atoms with van der Waals surface area (Å²) < 4.78 is 82.1. The molecule has 0 spiro atoms. The molecule has 2 aromatic heterocycles. The van der Waals surface area contributed by atoms with Crippen molar-refractivity contribution >= 4 is 49.3 Å². The van der Waals surface area contributed by atoms with Gasteiger partial charge in [0.15, 0.2) is 10.9 Å². The molecular formula is C33H34F5N7O2S. The normalized spacial score (nSPS) is 24.6. The van der Waals surface area contributed by atoms with E-state index in [1.807, 2.05) is 18.7 Å². The van der Waals surface area contributed by atoms with Crippen LogP contribution in [0, 0.1) is 11.6 Å². The molecule has 0 bridgehead atoms. The van der Waals surface area contributed by atoms with E-state index in [9.17, 15) is 22.4 Å². The number of halogens is 5. The van der Waals surface area contributed by atoms with Crippen molar-refractivity contribution in [3.63, 3.8) is 0 Å². The Labute approximate surface area is 277 Å². The van der Waals surface area contributed by atoms with E-state index in [2.05, 4.69) is 26.4 Å². The summed E-state index contributed by atoms with van der Waals surface area (Å²) >= 11 is 0.829. The van der Waals surface area contributed by atoms with Gasteiger partial charge in [-0.3, -0.25) is 9.69 Å². The first-order valence-electron chi connectivity index (χ1n) is 15.8. The molecule has 0 unspecified atom stereocenters. The number of benzene rings is 2. The molecular weight excluding hydrogens is 653 g/mol. The van der Waals surface area contributed by atoms with Crippen LogP contribution in [0.2, 0.25) is 0 Å². The second-order valence-corrected chi connectivity index (χ2v) is 13.9. The molecule has 0 saturated carbocycles. The number of nitrogens with two attached hydrogens (primary N) is 1. The number of thiazole rings is 1. The number of nitrogen functional groups attached to an aromatic ring is 1. The van der Waals surface area contributed by atoms with Crippen LogP contribution in [0.25, 0.3) is 32.2 Å². The smallest absolute Gasteiger partial charge is 0.319 e. The minimum atomic E-state index is -3.14. The summed E-state index contributed by atoms with van der Waals surface area (Å²) in [4.78, 5) is 31.3. The Kier molecular flexibility index (Phi) is 8.17. The van der Waals surface area contributed by atoms with E-state index in [0.717, 1.165) is 42.9 Å². The van der Waals surface area contributed by atoms with E-state index in [4.69, 9.17) is 10.5 Å². The summed E-state index contributed by atoms with van der Waals surface area (Å²) in [5.74, 6) is -1.84. The molecule has 4 aromatic rings. The van der Waals surface area contributed by atoms with E-state index in [1.165, 1.54) is 12.1 Å². The molecule has 1 amide bonds. The number of rotatable bonds is 7. The Hall–Kier alpha value is -4.11. The highest BCUT2D eigenvalue weighted by Crippen LogP contribution is 2.45. The van der Waals surface area contributed by atoms with Gasteiger partial charge < -0.3 is 20.3 Å². The molecule has 7 rings (SSSR count). The zero-order valence-corrected chi connectivity index (χ0v) is 27.2. The lowest BCUT2D eigenvalue weighted by Gasteiger charge is -2.44. The van der Waals surface area contributed by atoms with Crippen LogP contribution in [-0.2, 0) is 4.79 Å². The average Bonchev–Trinajstić information content (AvgIpc) is 3.72. The van der Waals surface area contributed by atoms with Crippen LogP contribution in [0.4, 0.5) is 32.9 Å². The van der Waals surface area contributed by atoms with Gasteiger partial charge in [-0.15, -0.1) is 0 Å². The monoisotopic (exact) mass is 687 g/mol. The molecule has 9 nitrogen and oxygen atoms in total. The SMILES string of the molecule is C=CC(=O)N1C[C@H](C)N(c2nc(OC[C@@]34CCCN3C[C@H](F)C4)nc3c(F)c(-c4ccc(F)c5sc(N)nc45)c(C(F)F)cc23)C[C@H]1C. The van der Waals surface area contributed by atoms with Crippen molar-refractivity contribution in [3.8, 4) is 17.1 Å². The highest BCUT2D eigenvalue weighted by molar-refractivity contribution is 7.22. The van der Waals surface area contributed by atoms with Gasteiger partial charge in [-0.25, -0.2) is 26.9 Å². The number of nitrogens with zero attached hydrogens (tertiary/aromatic N) is 6. The molecule has 2 N–H and O–H groups in total. The predicted octanol–water partition coefficient (Wildman–Crippen LogP) is 6.27. The van der Waals surface area contributed by atoms with Crippen LogP contribution < -0.4 is 15.4 Å². The number of carbonyl (C=O) groups is 1. The third-order valence-electron chi connectivity index (χ3n) is 9.88. The number of alkyl halides is 3. The lowest BCUT2D eigenvalue weighted by atomic mass is 9.95. The molecule has 0 radical (unpaired) electrons. The maximum Gasteiger partial charge on any atom is 0.319 e. The molecule has 3 fully saturated rings. The molecule has 5 heterocycles. The van der Waals surface area contributed by atoms with Crippen LogP contribution in [-0.4, -0.2) is 87.2 Å². The maximum atomic E-state index is 17.0. The third kappa shape index (κ3) is 5.31. The average molecular weight is 688 g/mol. The van der Waals surface area contributed by atoms with E-state index >= 15 is 4.39 Å². The number of fused-ring (bicyclic) bond motifs is 3. The summed E-state index contributed by atoms with van der Waals surface area (Å²) in [6, 6.07) is 2.54.